The molecule has 8 aromatic rings. The van der Waals surface area contributed by atoms with Crippen molar-refractivity contribution in [2.75, 3.05) is 4.90 Å². The zero-order valence-electron chi connectivity index (χ0n) is 25.3. The third kappa shape index (κ3) is 4.06. The van der Waals surface area contributed by atoms with Crippen LogP contribution in [0.25, 0.3) is 53.2 Å². The number of nitrogens with zero attached hydrogens (tertiary/aromatic N) is 1. The van der Waals surface area contributed by atoms with Crippen LogP contribution in [0.3, 0.4) is 0 Å². The first-order valence-electron chi connectivity index (χ1n) is 15.6. The monoisotopic (exact) mass is 593 g/mol. The van der Waals surface area contributed by atoms with Gasteiger partial charge in [-0.2, -0.15) is 0 Å². The molecule has 1 nitrogen and oxygen atoms in total. The SMILES string of the molecule is CC1(C)c2ccccc2-c2cc(N(c3ccccc3)c3ccc(-c4cccc5cc6c(cc45)sc4ccccc46)cc3)ccc21. The number of anilines is 3. The summed E-state index contributed by atoms with van der Waals surface area (Å²) < 4.78 is 2.68. The Hall–Kier alpha value is -5.18. The van der Waals surface area contributed by atoms with E-state index in [9.17, 15) is 0 Å². The van der Waals surface area contributed by atoms with E-state index in [2.05, 4.69) is 170 Å². The van der Waals surface area contributed by atoms with Crippen molar-refractivity contribution < 1.29 is 0 Å². The van der Waals surface area contributed by atoms with E-state index in [1.165, 1.54) is 64.3 Å². The van der Waals surface area contributed by atoms with E-state index in [0.29, 0.717) is 0 Å². The van der Waals surface area contributed by atoms with Crippen LogP contribution in [0.5, 0.6) is 0 Å². The summed E-state index contributed by atoms with van der Waals surface area (Å²) in [6.07, 6.45) is 0. The van der Waals surface area contributed by atoms with Gasteiger partial charge < -0.3 is 4.90 Å². The molecule has 2 heteroatoms. The maximum absolute atomic E-state index is 2.39. The Bertz CT molecular complexity index is 2400. The van der Waals surface area contributed by atoms with Crippen LogP contribution in [-0.2, 0) is 5.41 Å². The standard InChI is InChI=1S/C43H31NS/c1-43(2)39-17-8-6-14-34(39)37-26-32(23-24-40(37)43)44(30-12-4-3-5-13-30)31-21-19-28(20-22-31)33-16-10-11-29-25-38-35-15-7-9-18-41(35)45-42(38)27-36(29)33/h3-27H,1-2H3. The molecule has 45 heavy (non-hydrogen) atoms. The minimum atomic E-state index is -0.0104. The maximum Gasteiger partial charge on any atom is 0.0468 e. The normalized spacial score (nSPS) is 13.3. The number of rotatable bonds is 4. The largest absolute Gasteiger partial charge is 0.310 e. The van der Waals surface area contributed by atoms with E-state index in [1.54, 1.807) is 0 Å². The molecular formula is C43H31NS. The molecule has 0 spiro atoms. The molecule has 0 unspecified atom stereocenters. The van der Waals surface area contributed by atoms with E-state index in [1.807, 2.05) is 11.3 Å². The van der Waals surface area contributed by atoms with Gasteiger partial charge in [0.25, 0.3) is 0 Å². The Balaban J connectivity index is 1.16. The highest BCUT2D eigenvalue weighted by molar-refractivity contribution is 7.25. The van der Waals surface area contributed by atoms with Gasteiger partial charge in [-0.05, 0) is 98.8 Å². The van der Waals surface area contributed by atoms with E-state index in [0.717, 1.165) is 17.1 Å². The molecule has 0 saturated carbocycles. The van der Waals surface area contributed by atoms with Crippen molar-refractivity contribution in [3.05, 3.63) is 163 Å². The molecule has 0 bridgehead atoms. The van der Waals surface area contributed by atoms with Crippen molar-refractivity contribution in [1.29, 1.82) is 0 Å². The summed E-state index contributed by atoms with van der Waals surface area (Å²) in [4.78, 5) is 2.38. The topological polar surface area (TPSA) is 3.24 Å². The molecule has 0 fully saturated rings. The predicted octanol–water partition coefficient (Wildman–Crippen LogP) is 12.7. The van der Waals surface area contributed by atoms with Gasteiger partial charge in [-0.3, -0.25) is 0 Å². The predicted molar refractivity (Wildman–Crippen MR) is 195 cm³/mol. The molecule has 0 aliphatic heterocycles. The Kier molecular flexibility index (Phi) is 5.78. The van der Waals surface area contributed by atoms with Gasteiger partial charge in [0.15, 0.2) is 0 Å². The minimum Gasteiger partial charge on any atom is -0.310 e. The summed E-state index contributed by atoms with van der Waals surface area (Å²) in [5.41, 5.74) is 11.4. The second-order valence-electron chi connectivity index (χ2n) is 12.6. The van der Waals surface area contributed by atoms with Gasteiger partial charge in [0.05, 0.1) is 0 Å². The molecule has 0 N–H and O–H groups in total. The summed E-state index contributed by atoms with van der Waals surface area (Å²) >= 11 is 1.88. The zero-order valence-corrected chi connectivity index (χ0v) is 26.1. The van der Waals surface area contributed by atoms with Crippen molar-refractivity contribution in [3.63, 3.8) is 0 Å². The molecule has 214 valence electrons. The lowest BCUT2D eigenvalue weighted by atomic mass is 9.82. The highest BCUT2D eigenvalue weighted by Gasteiger charge is 2.35. The van der Waals surface area contributed by atoms with Gasteiger partial charge in [-0.15, -0.1) is 11.3 Å². The van der Waals surface area contributed by atoms with Crippen LogP contribution >= 0.6 is 11.3 Å². The Morgan fingerprint density at radius 1 is 0.444 bits per heavy atom. The lowest BCUT2D eigenvalue weighted by molar-refractivity contribution is 0.660. The number of fused-ring (bicyclic) bond motifs is 7. The van der Waals surface area contributed by atoms with Gasteiger partial charge in [0.2, 0.25) is 0 Å². The first kappa shape index (κ1) is 26.2. The van der Waals surface area contributed by atoms with E-state index >= 15 is 0 Å². The third-order valence-corrected chi connectivity index (χ3v) is 10.8. The highest BCUT2D eigenvalue weighted by atomic mass is 32.1. The Morgan fingerprint density at radius 3 is 2.00 bits per heavy atom. The molecule has 0 amide bonds. The zero-order chi connectivity index (χ0) is 30.1. The maximum atomic E-state index is 2.39. The van der Waals surface area contributed by atoms with Gasteiger partial charge in [-0.25, -0.2) is 0 Å². The summed E-state index contributed by atoms with van der Waals surface area (Å²) in [7, 11) is 0. The van der Waals surface area contributed by atoms with Crippen molar-refractivity contribution in [1.82, 2.24) is 0 Å². The van der Waals surface area contributed by atoms with Gasteiger partial charge >= 0.3 is 0 Å². The quantitative estimate of drug-likeness (QED) is 0.196. The van der Waals surface area contributed by atoms with E-state index in [-0.39, 0.29) is 5.41 Å². The number of para-hydroxylation sites is 1. The van der Waals surface area contributed by atoms with E-state index < -0.39 is 0 Å². The molecule has 0 radical (unpaired) electrons. The van der Waals surface area contributed by atoms with Crippen LogP contribution in [-0.4, -0.2) is 0 Å². The van der Waals surface area contributed by atoms with Gasteiger partial charge in [0.1, 0.15) is 0 Å². The van der Waals surface area contributed by atoms with E-state index in [4.69, 9.17) is 0 Å². The molecule has 1 heterocycles. The summed E-state index contributed by atoms with van der Waals surface area (Å²) in [6.45, 7) is 4.67. The fourth-order valence-electron chi connectivity index (χ4n) is 7.41. The van der Waals surface area contributed by atoms with Crippen LogP contribution in [0.2, 0.25) is 0 Å². The fraction of sp³-hybridized carbons (Fsp3) is 0.0698. The average Bonchev–Trinajstić information content (AvgIpc) is 3.56. The van der Waals surface area contributed by atoms with Gasteiger partial charge in [0, 0.05) is 42.6 Å². The van der Waals surface area contributed by atoms with Crippen molar-refractivity contribution in [3.8, 4) is 22.3 Å². The smallest absolute Gasteiger partial charge is 0.0468 e. The number of thiophene rings is 1. The number of benzene rings is 7. The molecule has 1 aliphatic carbocycles. The third-order valence-electron chi connectivity index (χ3n) is 9.65. The van der Waals surface area contributed by atoms with Crippen LogP contribution in [0, 0.1) is 0 Å². The Labute approximate surface area is 267 Å². The van der Waals surface area contributed by atoms with Crippen LogP contribution in [0.4, 0.5) is 17.1 Å². The highest BCUT2D eigenvalue weighted by Crippen LogP contribution is 2.50. The van der Waals surface area contributed by atoms with Gasteiger partial charge in [-0.1, -0.05) is 111 Å². The molecule has 1 aliphatic rings. The fourth-order valence-corrected chi connectivity index (χ4v) is 8.54. The second kappa shape index (κ2) is 9.92. The molecule has 0 atom stereocenters. The molecule has 7 aromatic carbocycles. The first-order valence-corrected chi connectivity index (χ1v) is 16.4. The van der Waals surface area contributed by atoms with Crippen LogP contribution in [0.15, 0.2) is 152 Å². The molecule has 0 saturated heterocycles. The number of hydrogen-bond acceptors (Lipinski definition) is 2. The first-order chi connectivity index (χ1) is 22.1. The van der Waals surface area contributed by atoms with Crippen molar-refractivity contribution in [2.24, 2.45) is 0 Å². The lowest BCUT2D eigenvalue weighted by Crippen LogP contribution is -2.15. The molecular weight excluding hydrogens is 563 g/mol. The average molecular weight is 594 g/mol. The molecule has 1 aromatic heterocycles. The van der Waals surface area contributed by atoms with Crippen LogP contribution < -0.4 is 4.90 Å². The Morgan fingerprint density at radius 2 is 1.13 bits per heavy atom. The lowest BCUT2D eigenvalue weighted by Gasteiger charge is -2.27. The number of hydrogen-bond donors (Lipinski definition) is 0. The summed E-state index contributed by atoms with van der Waals surface area (Å²) in [5.74, 6) is 0. The summed E-state index contributed by atoms with van der Waals surface area (Å²) in [6, 6.07) is 55.8. The van der Waals surface area contributed by atoms with Crippen molar-refractivity contribution >= 4 is 59.3 Å². The van der Waals surface area contributed by atoms with Crippen LogP contribution in [0.1, 0.15) is 25.0 Å². The van der Waals surface area contributed by atoms with Crippen molar-refractivity contribution in [2.45, 2.75) is 19.3 Å². The second-order valence-corrected chi connectivity index (χ2v) is 13.7. The molecule has 9 rings (SSSR count). The minimum absolute atomic E-state index is 0.0104. The summed E-state index contributed by atoms with van der Waals surface area (Å²) in [5, 5.41) is 5.26.